The first-order chi connectivity index (χ1) is 7.95. The highest BCUT2D eigenvalue weighted by molar-refractivity contribution is 5.97. The molecule has 0 amide bonds. The molecule has 1 aromatic rings. The number of alkyl halides is 3. The second-order valence-corrected chi connectivity index (χ2v) is 3.42. The number of halogens is 3. The largest absolute Gasteiger partial charge is 0.416 e. The van der Waals surface area contributed by atoms with Gasteiger partial charge in [-0.1, -0.05) is 18.2 Å². The molecule has 0 saturated heterocycles. The number of nitrogens with one attached hydrogen (secondary N) is 1. The van der Waals surface area contributed by atoms with Gasteiger partial charge in [-0.2, -0.15) is 13.2 Å². The minimum atomic E-state index is -4.37. The summed E-state index contributed by atoms with van der Waals surface area (Å²) in [5.41, 5.74) is -0.498. The lowest BCUT2D eigenvalue weighted by Gasteiger charge is -2.07. The van der Waals surface area contributed by atoms with E-state index in [-0.39, 0.29) is 17.9 Å². The van der Waals surface area contributed by atoms with Gasteiger partial charge in [0.2, 0.25) is 0 Å². The Balaban J connectivity index is 2.67. The van der Waals surface area contributed by atoms with E-state index in [0.717, 1.165) is 12.1 Å². The third kappa shape index (κ3) is 4.03. The highest BCUT2D eigenvalue weighted by Crippen LogP contribution is 2.29. The number of carbonyl (C=O) groups is 1. The number of ketones is 1. The van der Waals surface area contributed by atoms with E-state index in [0.29, 0.717) is 6.54 Å². The van der Waals surface area contributed by atoms with Gasteiger partial charge in [-0.3, -0.25) is 4.79 Å². The first-order valence-corrected chi connectivity index (χ1v) is 4.97. The smallest absolute Gasteiger partial charge is 0.306 e. The van der Waals surface area contributed by atoms with E-state index in [1.807, 2.05) is 0 Å². The van der Waals surface area contributed by atoms with Crippen molar-refractivity contribution in [3.05, 3.63) is 48.0 Å². The molecule has 1 aromatic carbocycles. The monoisotopic (exact) mass is 243 g/mol. The minimum Gasteiger partial charge on any atom is -0.306 e. The highest BCUT2D eigenvalue weighted by Gasteiger charge is 2.30. The average molecular weight is 243 g/mol. The maximum atomic E-state index is 12.3. The number of hydrogen-bond acceptors (Lipinski definition) is 2. The first kappa shape index (κ1) is 13.4. The second-order valence-electron chi connectivity index (χ2n) is 3.42. The summed E-state index contributed by atoms with van der Waals surface area (Å²) in [5, 5.41) is 2.79. The van der Waals surface area contributed by atoms with Crippen LogP contribution in [0.5, 0.6) is 0 Å². The van der Waals surface area contributed by atoms with Gasteiger partial charge in [0.15, 0.2) is 5.78 Å². The van der Waals surface area contributed by atoms with Crippen LogP contribution < -0.4 is 5.32 Å². The third-order valence-corrected chi connectivity index (χ3v) is 2.11. The Hall–Kier alpha value is -1.62. The van der Waals surface area contributed by atoms with E-state index < -0.39 is 11.7 Å². The zero-order valence-corrected chi connectivity index (χ0v) is 9.05. The Labute approximate surface area is 97.1 Å². The van der Waals surface area contributed by atoms with Crippen LogP contribution in [0.1, 0.15) is 15.9 Å². The molecule has 0 aromatic heterocycles. The molecule has 5 heteroatoms. The summed E-state index contributed by atoms with van der Waals surface area (Å²) < 4.78 is 36.8. The van der Waals surface area contributed by atoms with Gasteiger partial charge in [0, 0.05) is 12.1 Å². The molecule has 0 spiro atoms. The van der Waals surface area contributed by atoms with Crippen molar-refractivity contribution in [1.82, 2.24) is 5.32 Å². The summed E-state index contributed by atoms with van der Waals surface area (Å²) in [4.78, 5) is 11.5. The number of rotatable bonds is 5. The summed E-state index contributed by atoms with van der Waals surface area (Å²) in [6, 6.07) is 4.17. The average Bonchev–Trinajstić information content (AvgIpc) is 2.28. The van der Waals surface area contributed by atoms with E-state index >= 15 is 0 Å². The topological polar surface area (TPSA) is 29.1 Å². The van der Waals surface area contributed by atoms with Crippen LogP contribution in [-0.2, 0) is 6.18 Å². The van der Waals surface area contributed by atoms with Crippen molar-refractivity contribution in [2.75, 3.05) is 13.1 Å². The van der Waals surface area contributed by atoms with Gasteiger partial charge < -0.3 is 5.32 Å². The SMILES string of the molecule is C=CCNCC(=O)c1ccc(C(F)(F)F)cc1. The molecule has 0 saturated carbocycles. The van der Waals surface area contributed by atoms with Crippen molar-refractivity contribution in [2.24, 2.45) is 0 Å². The molecule has 0 aliphatic rings. The van der Waals surface area contributed by atoms with Crippen LogP contribution in [0.15, 0.2) is 36.9 Å². The molecule has 0 aliphatic carbocycles. The third-order valence-electron chi connectivity index (χ3n) is 2.11. The van der Waals surface area contributed by atoms with E-state index in [1.54, 1.807) is 6.08 Å². The Bertz CT molecular complexity index is 395. The Morgan fingerprint density at radius 1 is 1.29 bits per heavy atom. The van der Waals surface area contributed by atoms with Crippen molar-refractivity contribution in [1.29, 1.82) is 0 Å². The van der Waals surface area contributed by atoms with E-state index in [9.17, 15) is 18.0 Å². The molecular formula is C12H12F3NO. The van der Waals surface area contributed by atoms with Gasteiger partial charge in [0.25, 0.3) is 0 Å². The standard InChI is InChI=1S/C12H12F3NO/c1-2-7-16-8-11(17)9-3-5-10(6-4-9)12(13,14)15/h2-6,16H,1,7-8H2. The van der Waals surface area contributed by atoms with Crippen molar-refractivity contribution in [3.63, 3.8) is 0 Å². The number of benzene rings is 1. The predicted octanol–water partition coefficient (Wildman–Crippen LogP) is 2.66. The van der Waals surface area contributed by atoms with Crippen LogP contribution in [0.2, 0.25) is 0 Å². The molecule has 0 fully saturated rings. The van der Waals surface area contributed by atoms with Gasteiger partial charge in [0.1, 0.15) is 0 Å². The van der Waals surface area contributed by atoms with Gasteiger partial charge >= 0.3 is 6.18 Å². The summed E-state index contributed by atoms with van der Waals surface area (Å²) >= 11 is 0. The molecule has 1 rings (SSSR count). The quantitative estimate of drug-likeness (QED) is 0.489. The van der Waals surface area contributed by atoms with Crippen LogP contribution in [-0.4, -0.2) is 18.9 Å². The van der Waals surface area contributed by atoms with Crippen LogP contribution in [0.25, 0.3) is 0 Å². The molecule has 0 unspecified atom stereocenters. The normalized spacial score (nSPS) is 11.2. The van der Waals surface area contributed by atoms with Gasteiger partial charge in [-0.25, -0.2) is 0 Å². The minimum absolute atomic E-state index is 0.0807. The summed E-state index contributed by atoms with van der Waals surface area (Å²) in [5.74, 6) is -0.249. The van der Waals surface area contributed by atoms with Crippen molar-refractivity contribution in [2.45, 2.75) is 6.18 Å². The molecule has 0 radical (unpaired) electrons. The van der Waals surface area contributed by atoms with Gasteiger partial charge in [-0.15, -0.1) is 6.58 Å². The number of Topliss-reactive ketones (excluding diaryl/α,β-unsaturated/α-hetero) is 1. The van der Waals surface area contributed by atoms with Crippen LogP contribution in [0.3, 0.4) is 0 Å². The zero-order valence-electron chi connectivity index (χ0n) is 9.05. The van der Waals surface area contributed by atoms with E-state index in [2.05, 4.69) is 11.9 Å². The second kappa shape index (κ2) is 5.63. The molecule has 1 N–H and O–H groups in total. The Kier molecular flexibility index (Phi) is 4.45. The van der Waals surface area contributed by atoms with E-state index in [1.165, 1.54) is 12.1 Å². The molecule has 0 atom stereocenters. The van der Waals surface area contributed by atoms with Gasteiger partial charge in [0.05, 0.1) is 12.1 Å². The number of carbonyl (C=O) groups excluding carboxylic acids is 1. The molecule has 2 nitrogen and oxygen atoms in total. The number of hydrogen-bond donors (Lipinski definition) is 1. The maximum absolute atomic E-state index is 12.3. The molecule has 0 bridgehead atoms. The summed E-state index contributed by atoms with van der Waals surface area (Å²) in [7, 11) is 0. The molecule has 0 aliphatic heterocycles. The fourth-order valence-corrected chi connectivity index (χ4v) is 1.23. The van der Waals surface area contributed by atoms with Gasteiger partial charge in [-0.05, 0) is 12.1 Å². The zero-order chi connectivity index (χ0) is 12.9. The summed E-state index contributed by atoms with van der Waals surface area (Å²) in [6.07, 6.45) is -2.78. The lowest BCUT2D eigenvalue weighted by atomic mass is 10.1. The first-order valence-electron chi connectivity index (χ1n) is 4.97. The molecular weight excluding hydrogens is 231 g/mol. The Morgan fingerprint density at radius 2 is 1.88 bits per heavy atom. The van der Waals surface area contributed by atoms with Crippen LogP contribution in [0.4, 0.5) is 13.2 Å². The lowest BCUT2D eigenvalue weighted by Crippen LogP contribution is -2.23. The summed E-state index contributed by atoms with van der Waals surface area (Å²) in [6.45, 7) is 4.03. The lowest BCUT2D eigenvalue weighted by molar-refractivity contribution is -0.137. The predicted molar refractivity (Wildman–Crippen MR) is 58.8 cm³/mol. The molecule has 92 valence electrons. The van der Waals surface area contributed by atoms with E-state index in [4.69, 9.17) is 0 Å². The van der Waals surface area contributed by atoms with Crippen LogP contribution in [0, 0.1) is 0 Å². The molecule has 0 heterocycles. The fourth-order valence-electron chi connectivity index (χ4n) is 1.23. The highest BCUT2D eigenvalue weighted by atomic mass is 19.4. The Morgan fingerprint density at radius 3 is 2.35 bits per heavy atom. The fraction of sp³-hybridized carbons (Fsp3) is 0.250. The van der Waals surface area contributed by atoms with Crippen LogP contribution >= 0.6 is 0 Å². The van der Waals surface area contributed by atoms with Crippen molar-refractivity contribution >= 4 is 5.78 Å². The molecule has 17 heavy (non-hydrogen) atoms. The maximum Gasteiger partial charge on any atom is 0.416 e. The van der Waals surface area contributed by atoms with Crippen molar-refractivity contribution < 1.29 is 18.0 Å². The van der Waals surface area contributed by atoms with Crippen molar-refractivity contribution in [3.8, 4) is 0 Å².